The minimum Gasteiger partial charge on any atom is -0.355 e. The number of aliphatic imine (C=N–C) groups is 1. The Hall–Kier alpha value is -0.220. The average molecular weight is 481 g/mol. The van der Waals surface area contributed by atoms with Crippen LogP contribution < -0.4 is 10.6 Å². The van der Waals surface area contributed by atoms with Crippen molar-refractivity contribution >= 4 is 47.6 Å². The molecule has 0 bridgehead atoms. The van der Waals surface area contributed by atoms with Crippen LogP contribution in [0.4, 0.5) is 0 Å². The number of likely N-dealkylation sites (tertiary alicyclic amines) is 1. The minimum atomic E-state index is 0. The van der Waals surface area contributed by atoms with Crippen molar-refractivity contribution in [1.29, 1.82) is 0 Å². The molecular formula is C17H32IN5OS. The van der Waals surface area contributed by atoms with E-state index in [2.05, 4.69) is 25.4 Å². The van der Waals surface area contributed by atoms with E-state index in [4.69, 9.17) is 0 Å². The maximum atomic E-state index is 12.1. The van der Waals surface area contributed by atoms with Gasteiger partial charge in [0.15, 0.2) is 5.96 Å². The van der Waals surface area contributed by atoms with Crippen LogP contribution in [-0.2, 0) is 4.79 Å². The van der Waals surface area contributed by atoms with Crippen molar-refractivity contribution in [3.05, 3.63) is 0 Å². The molecule has 3 fully saturated rings. The number of hydrogen-bond donors (Lipinski definition) is 2. The molecule has 25 heavy (non-hydrogen) atoms. The SMILES string of the molecule is CN=C(NCCN1CCSCC1)NC1CCN(C(=O)C2CC2)CC1.I. The first-order valence-electron chi connectivity index (χ1n) is 9.32. The van der Waals surface area contributed by atoms with Gasteiger partial charge >= 0.3 is 0 Å². The smallest absolute Gasteiger partial charge is 0.225 e. The summed E-state index contributed by atoms with van der Waals surface area (Å²) in [6, 6.07) is 0.422. The fraction of sp³-hybridized carbons (Fsp3) is 0.882. The molecule has 3 rings (SSSR count). The number of guanidine groups is 1. The standard InChI is InChI=1S/C17H31N5OS.HI/c1-18-17(19-6-9-21-10-12-24-13-11-21)20-15-4-7-22(8-5-15)16(23)14-2-3-14;/h14-15H,2-13H2,1H3,(H2,18,19,20);1H. The van der Waals surface area contributed by atoms with E-state index in [0.29, 0.717) is 17.9 Å². The fourth-order valence-corrected chi connectivity index (χ4v) is 4.36. The summed E-state index contributed by atoms with van der Waals surface area (Å²) in [6.07, 6.45) is 4.23. The van der Waals surface area contributed by atoms with Gasteiger partial charge in [-0.15, -0.1) is 24.0 Å². The largest absolute Gasteiger partial charge is 0.355 e. The van der Waals surface area contributed by atoms with Gasteiger partial charge in [-0.3, -0.25) is 14.7 Å². The zero-order valence-electron chi connectivity index (χ0n) is 15.2. The van der Waals surface area contributed by atoms with Gasteiger partial charge in [0.25, 0.3) is 0 Å². The molecule has 144 valence electrons. The zero-order chi connectivity index (χ0) is 16.8. The van der Waals surface area contributed by atoms with Crippen LogP contribution in [0.2, 0.25) is 0 Å². The van der Waals surface area contributed by atoms with Crippen LogP contribution >= 0.6 is 35.7 Å². The number of nitrogens with zero attached hydrogens (tertiary/aromatic N) is 3. The van der Waals surface area contributed by atoms with Gasteiger partial charge in [-0.25, -0.2) is 0 Å². The van der Waals surface area contributed by atoms with Crippen LogP contribution in [0.3, 0.4) is 0 Å². The van der Waals surface area contributed by atoms with E-state index in [1.807, 2.05) is 18.8 Å². The van der Waals surface area contributed by atoms with Gasteiger partial charge in [-0.05, 0) is 25.7 Å². The highest BCUT2D eigenvalue weighted by atomic mass is 127. The average Bonchev–Trinajstić information content (AvgIpc) is 3.47. The van der Waals surface area contributed by atoms with Gasteiger partial charge in [0, 0.05) is 69.8 Å². The molecule has 8 heteroatoms. The van der Waals surface area contributed by atoms with E-state index in [1.165, 1.54) is 24.6 Å². The molecule has 1 aliphatic carbocycles. The third-order valence-electron chi connectivity index (χ3n) is 5.12. The summed E-state index contributed by atoms with van der Waals surface area (Å²) in [6.45, 7) is 6.18. The summed E-state index contributed by atoms with van der Waals surface area (Å²) in [4.78, 5) is 21.0. The molecular weight excluding hydrogens is 449 g/mol. The van der Waals surface area contributed by atoms with Crippen LogP contribution in [-0.4, -0.2) is 85.5 Å². The van der Waals surface area contributed by atoms with E-state index in [-0.39, 0.29) is 24.0 Å². The number of thioether (sulfide) groups is 1. The lowest BCUT2D eigenvalue weighted by molar-refractivity contribution is -0.133. The van der Waals surface area contributed by atoms with Crippen LogP contribution in [0.25, 0.3) is 0 Å². The van der Waals surface area contributed by atoms with Gasteiger partial charge in [0.2, 0.25) is 5.91 Å². The molecule has 2 heterocycles. The lowest BCUT2D eigenvalue weighted by Crippen LogP contribution is -2.51. The Labute approximate surface area is 173 Å². The quantitative estimate of drug-likeness (QED) is 0.352. The Morgan fingerprint density at radius 2 is 1.80 bits per heavy atom. The molecule has 0 atom stereocenters. The topological polar surface area (TPSA) is 60.0 Å². The first-order valence-corrected chi connectivity index (χ1v) is 10.5. The van der Waals surface area contributed by atoms with Gasteiger partial charge in [-0.2, -0.15) is 11.8 Å². The third kappa shape index (κ3) is 6.78. The Balaban J connectivity index is 0.00000225. The van der Waals surface area contributed by atoms with E-state index in [1.54, 1.807) is 0 Å². The highest BCUT2D eigenvalue weighted by molar-refractivity contribution is 14.0. The molecule has 0 unspecified atom stereocenters. The molecule has 0 spiro atoms. The number of hydrogen-bond acceptors (Lipinski definition) is 4. The molecule has 2 saturated heterocycles. The van der Waals surface area contributed by atoms with Crippen LogP contribution in [0, 0.1) is 5.92 Å². The second-order valence-electron chi connectivity index (χ2n) is 6.97. The second-order valence-corrected chi connectivity index (χ2v) is 8.20. The number of rotatable bonds is 5. The van der Waals surface area contributed by atoms with Crippen LogP contribution in [0.5, 0.6) is 0 Å². The molecule has 0 aromatic rings. The number of halogens is 1. The fourth-order valence-electron chi connectivity index (χ4n) is 3.38. The predicted molar refractivity (Wildman–Crippen MR) is 116 cm³/mol. The lowest BCUT2D eigenvalue weighted by Gasteiger charge is -2.33. The zero-order valence-corrected chi connectivity index (χ0v) is 18.4. The van der Waals surface area contributed by atoms with E-state index >= 15 is 0 Å². The van der Waals surface area contributed by atoms with Gasteiger partial charge in [0.05, 0.1) is 0 Å². The molecule has 1 amide bonds. The maximum absolute atomic E-state index is 12.1. The Morgan fingerprint density at radius 1 is 1.12 bits per heavy atom. The highest BCUT2D eigenvalue weighted by Crippen LogP contribution is 2.31. The van der Waals surface area contributed by atoms with Gasteiger partial charge in [-0.1, -0.05) is 0 Å². The summed E-state index contributed by atoms with van der Waals surface area (Å²) in [7, 11) is 1.83. The summed E-state index contributed by atoms with van der Waals surface area (Å²) in [5, 5.41) is 6.96. The molecule has 1 saturated carbocycles. The minimum absolute atomic E-state index is 0. The van der Waals surface area contributed by atoms with E-state index < -0.39 is 0 Å². The van der Waals surface area contributed by atoms with E-state index in [0.717, 1.165) is 57.8 Å². The van der Waals surface area contributed by atoms with Crippen molar-refractivity contribution in [2.45, 2.75) is 31.7 Å². The van der Waals surface area contributed by atoms with Crippen molar-refractivity contribution in [2.24, 2.45) is 10.9 Å². The number of nitrogens with one attached hydrogen (secondary N) is 2. The maximum Gasteiger partial charge on any atom is 0.225 e. The molecule has 0 radical (unpaired) electrons. The first kappa shape index (κ1) is 21.1. The number of piperidine rings is 1. The van der Waals surface area contributed by atoms with Crippen LogP contribution in [0.15, 0.2) is 4.99 Å². The molecule has 0 aromatic heterocycles. The van der Waals surface area contributed by atoms with Crippen molar-refractivity contribution in [1.82, 2.24) is 20.4 Å². The molecule has 0 aromatic carbocycles. The summed E-state index contributed by atoms with van der Waals surface area (Å²) in [5.41, 5.74) is 0. The Kier molecular flexibility index (Phi) is 9.12. The molecule has 2 N–H and O–H groups in total. The highest BCUT2D eigenvalue weighted by Gasteiger charge is 2.34. The monoisotopic (exact) mass is 481 g/mol. The third-order valence-corrected chi connectivity index (χ3v) is 6.06. The van der Waals surface area contributed by atoms with Crippen molar-refractivity contribution in [3.63, 3.8) is 0 Å². The molecule has 2 aliphatic heterocycles. The van der Waals surface area contributed by atoms with Crippen molar-refractivity contribution in [2.75, 3.05) is 57.8 Å². The number of amides is 1. The second kappa shape index (κ2) is 10.8. The summed E-state index contributed by atoms with van der Waals surface area (Å²) in [5.74, 6) is 4.14. The summed E-state index contributed by atoms with van der Waals surface area (Å²) >= 11 is 2.05. The Bertz CT molecular complexity index is 446. The lowest BCUT2D eigenvalue weighted by atomic mass is 10.0. The number of carbonyl (C=O) groups excluding carboxylic acids is 1. The van der Waals surface area contributed by atoms with Gasteiger partial charge < -0.3 is 15.5 Å². The molecule has 3 aliphatic rings. The van der Waals surface area contributed by atoms with Crippen molar-refractivity contribution in [3.8, 4) is 0 Å². The van der Waals surface area contributed by atoms with Crippen LogP contribution in [0.1, 0.15) is 25.7 Å². The van der Waals surface area contributed by atoms with Gasteiger partial charge in [0.1, 0.15) is 0 Å². The Morgan fingerprint density at radius 3 is 2.40 bits per heavy atom. The van der Waals surface area contributed by atoms with E-state index in [9.17, 15) is 4.79 Å². The number of carbonyl (C=O) groups is 1. The molecule has 6 nitrogen and oxygen atoms in total. The first-order chi connectivity index (χ1) is 11.8. The summed E-state index contributed by atoms with van der Waals surface area (Å²) < 4.78 is 0. The normalized spacial score (nSPS) is 23.1. The van der Waals surface area contributed by atoms with Crippen molar-refractivity contribution < 1.29 is 4.79 Å². The predicted octanol–water partition coefficient (Wildman–Crippen LogP) is 1.22.